The van der Waals surface area contributed by atoms with E-state index in [9.17, 15) is 8.42 Å². The lowest BCUT2D eigenvalue weighted by Gasteiger charge is -2.31. The zero-order valence-corrected chi connectivity index (χ0v) is 16.7. The zero-order chi connectivity index (χ0) is 19.2. The molecule has 0 N–H and O–H groups in total. The minimum Gasteiger partial charge on any atom is -0.360 e. The van der Waals surface area contributed by atoms with Crippen molar-refractivity contribution in [2.45, 2.75) is 45.1 Å². The Balaban J connectivity index is 1.48. The van der Waals surface area contributed by atoms with Gasteiger partial charge in [-0.25, -0.2) is 13.4 Å². The van der Waals surface area contributed by atoms with Gasteiger partial charge in [-0.3, -0.25) is 0 Å². The molecular weight excluding hydrogens is 364 g/mol. The van der Waals surface area contributed by atoms with Crippen LogP contribution in [0.5, 0.6) is 0 Å². The van der Waals surface area contributed by atoms with Crippen molar-refractivity contribution in [1.29, 1.82) is 0 Å². The summed E-state index contributed by atoms with van der Waals surface area (Å²) in [5, 5.41) is 3.79. The highest BCUT2D eigenvalue weighted by atomic mass is 32.2. The molecule has 2 aromatic heterocycles. The van der Waals surface area contributed by atoms with Gasteiger partial charge in [0.05, 0.1) is 11.0 Å². The monoisotopic (exact) mass is 388 g/mol. The Hall–Kier alpha value is -2.19. The van der Waals surface area contributed by atoms with Crippen LogP contribution in [0.4, 0.5) is 0 Å². The van der Waals surface area contributed by atoms with E-state index in [-0.39, 0.29) is 4.90 Å². The highest BCUT2D eigenvalue weighted by Gasteiger charge is 2.34. The Labute approximate surface area is 159 Å². The Morgan fingerprint density at radius 2 is 1.85 bits per heavy atom. The van der Waals surface area contributed by atoms with Gasteiger partial charge in [0.15, 0.2) is 5.76 Å². The average molecular weight is 388 g/mol. The number of sulfonamides is 1. The molecule has 3 aromatic rings. The van der Waals surface area contributed by atoms with Crippen LogP contribution in [0.2, 0.25) is 0 Å². The Morgan fingerprint density at radius 3 is 2.52 bits per heavy atom. The molecule has 1 saturated heterocycles. The summed E-state index contributed by atoms with van der Waals surface area (Å²) >= 11 is 0. The summed E-state index contributed by atoms with van der Waals surface area (Å²) < 4.78 is 34.8. The molecule has 0 spiro atoms. The molecule has 0 bridgehead atoms. The van der Waals surface area contributed by atoms with Gasteiger partial charge in [-0.2, -0.15) is 4.31 Å². The number of benzene rings is 1. The Morgan fingerprint density at radius 1 is 1.15 bits per heavy atom. The van der Waals surface area contributed by atoms with Crippen LogP contribution in [-0.2, 0) is 16.6 Å². The third-order valence-corrected chi connectivity index (χ3v) is 7.57. The average Bonchev–Trinajstić information content (AvgIpc) is 3.15. The highest BCUT2D eigenvalue weighted by Crippen LogP contribution is 2.29. The first-order chi connectivity index (χ1) is 12.9. The highest BCUT2D eigenvalue weighted by molar-refractivity contribution is 7.89. The first-order valence-corrected chi connectivity index (χ1v) is 10.7. The number of piperidine rings is 1. The number of para-hydroxylation sites is 2. The molecular formula is C19H24N4O3S. The van der Waals surface area contributed by atoms with Gasteiger partial charge in [0.25, 0.3) is 0 Å². The number of aryl methyl sites for hydroxylation is 3. The maximum Gasteiger partial charge on any atom is 0.248 e. The standard InChI is InChI=1S/C19H24N4O3S/c1-13-19(14(2)26-21-13)27(24,25)22-10-8-16(9-11-22)12-23-15(3)20-17-6-4-5-7-18(17)23/h4-7,16H,8-12H2,1-3H3. The van der Waals surface area contributed by atoms with Gasteiger partial charge in [0, 0.05) is 19.6 Å². The fourth-order valence-electron chi connectivity index (χ4n) is 3.99. The third-order valence-electron chi connectivity index (χ3n) is 5.43. The lowest BCUT2D eigenvalue weighted by Crippen LogP contribution is -2.39. The molecule has 8 heteroatoms. The van der Waals surface area contributed by atoms with E-state index in [0.717, 1.165) is 36.2 Å². The molecule has 1 aromatic carbocycles. The molecule has 0 aliphatic carbocycles. The van der Waals surface area contributed by atoms with E-state index in [0.29, 0.717) is 30.5 Å². The van der Waals surface area contributed by atoms with Crippen LogP contribution in [0, 0.1) is 26.7 Å². The van der Waals surface area contributed by atoms with Crippen molar-refractivity contribution >= 4 is 21.1 Å². The fraction of sp³-hybridized carbons (Fsp3) is 0.474. The van der Waals surface area contributed by atoms with Crippen molar-refractivity contribution in [2.75, 3.05) is 13.1 Å². The van der Waals surface area contributed by atoms with Crippen LogP contribution in [0.25, 0.3) is 11.0 Å². The van der Waals surface area contributed by atoms with Crippen molar-refractivity contribution < 1.29 is 12.9 Å². The van der Waals surface area contributed by atoms with Crippen molar-refractivity contribution in [3.63, 3.8) is 0 Å². The number of aromatic nitrogens is 3. The molecule has 7 nitrogen and oxygen atoms in total. The van der Waals surface area contributed by atoms with E-state index < -0.39 is 10.0 Å². The molecule has 1 aliphatic heterocycles. The van der Waals surface area contributed by atoms with Crippen LogP contribution >= 0.6 is 0 Å². The molecule has 144 valence electrons. The smallest absolute Gasteiger partial charge is 0.248 e. The predicted molar refractivity (Wildman–Crippen MR) is 102 cm³/mol. The number of hydrogen-bond acceptors (Lipinski definition) is 5. The van der Waals surface area contributed by atoms with Gasteiger partial charge in [-0.05, 0) is 51.7 Å². The van der Waals surface area contributed by atoms with Crippen molar-refractivity contribution in [3.8, 4) is 0 Å². The summed E-state index contributed by atoms with van der Waals surface area (Å²) in [6.45, 7) is 7.24. The third kappa shape index (κ3) is 3.17. The van der Waals surface area contributed by atoms with E-state index >= 15 is 0 Å². The molecule has 0 radical (unpaired) electrons. The van der Waals surface area contributed by atoms with Crippen LogP contribution < -0.4 is 0 Å². The minimum atomic E-state index is -3.55. The molecule has 0 unspecified atom stereocenters. The van der Waals surface area contributed by atoms with Crippen molar-refractivity contribution in [2.24, 2.45) is 5.92 Å². The molecule has 27 heavy (non-hydrogen) atoms. The number of fused-ring (bicyclic) bond motifs is 1. The molecule has 1 aliphatic rings. The summed E-state index contributed by atoms with van der Waals surface area (Å²) in [7, 11) is -3.55. The van der Waals surface area contributed by atoms with Gasteiger partial charge >= 0.3 is 0 Å². The van der Waals surface area contributed by atoms with Crippen LogP contribution in [0.3, 0.4) is 0 Å². The Kier molecular flexibility index (Phi) is 4.55. The largest absolute Gasteiger partial charge is 0.360 e. The molecule has 0 amide bonds. The molecule has 0 atom stereocenters. The van der Waals surface area contributed by atoms with Gasteiger partial charge in [0.2, 0.25) is 10.0 Å². The number of rotatable bonds is 4. The van der Waals surface area contributed by atoms with Crippen LogP contribution in [0.15, 0.2) is 33.7 Å². The normalized spacial score (nSPS) is 17.0. The Bertz CT molecular complexity index is 1060. The zero-order valence-electron chi connectivity index (χ0n) is 15.8. The van der Waals surface area contributed by atoms with E-state index in [1.54, 1.807) is 18.2 Å². The summed E-state index contributed by atoms with van der Waals surface area (Å²) in [4.78, 5) is 4.85. The number of imidazole rings is 1. The van der Waals surface area contributed by atoms with E-state index in [1.165, 1.54) is 0 Å². The van der Waals surface area contributed by atoms with Crippen LogP contribution in [-0.4, -0.2) is 40.5 Å². The van der Waals surface area contributed by atoms with E-state index in [4.69, 9.17) is 4.52 Å². The second kappa shape index (κ2) is 6.76. The van der Waals surface area contributed by atoms with Gasteiger partial charge in [-0.1, -0.05) is 17.3 Å². The van der Waals surface area contributed by atoms with Gasteiger partial charge in [0.1, 0.15) is 16.4 Å². The number of nitrogens with zero attached hydrogens (tertiary/aromatic N) is 4. The maximum absolute atomic E-state index is 13.0. The summed E-state index contributed by atoms with van der Waals surface area (Å²) in [6.07, 6.45) is 1.66. The molecule has 0 saturated carbocycles. The molecule has 3 heterocycles. The SMILES string of the molecule is Cc1noc(C)c1S(=O)(=O)N1CCC(Cn2c(C)nc3ccccc32)CC1. The second-order valence-corrected chi connectivity index (χ2v) is 9.13. The quantitative estimate of drug-likeness (QED) is 0.686. The molecule has 4 rings (SSSR count). The first kappa shape index (κ1) is 18.2. The lowest BCUT2D eigenvalue weighted by molar-refractivity contribution is 0.253. The maximum atomic E-state index is 13.0. The van der Waals surface area contributed by atoms with Gasteiger partial charge in [-0.15, -0.1) is 0 Å². The molecule has 1 fully saturated rings. The van der Waals surface area contributed by atoms with E-state index in [1.807, 2.05) is 25.1 Å². The summed E-state index contributed by atoms with van der Waals surface area (Å²) in [5.74, 6) is 1.79. The first-order valence-electron chi connectivity index (χ1n) is 9.23. The number of hydrogen-bond donors (Lipinski definition) is 0. The van der Waals surface area contributed by atoms with Crippen molar-refractivity contribution in [3.05, 3.63) is 41.5 Å². The van der Waals surface area contributed by atoms with Crippen LogP contribution in [0.1, 0.15) is 30.1 Å². The predicted octanol–water partition coefficient (Wildman–Crippen LogP) is 3.05. The topological polar surface area (TPSA) is 81.2 Å². The summed E-state index contributed by atoms with van der Waals surface area (Å²) in [5.41, 5.74) is 2.57. The minimum absolute atomic E-state index is 0.220. The van der Waals surface area contributed by atoms with Gasteiger partial charge < -0.3 is 9.09 Å². The lowest BCUT2D eigenvalue weighted by atomic mass is 9.98. The summed E-state index contributed by atoms with van der Waals surface area (Å²) in [6, 6.07) is 8.14. The van der Waals surface area contributed by atoms with Crippen molar-refractivity contribution in [1.82, 2.24) is 19.0 Å². The van der Waals surface area contributed by atoms with E-state index in [2.05, 4.69) is 20.8 Å². The fourth-order valence-corrected chi connectivity index (χ4v) is 5.75. The second-order valence-electron chi connectivity index (χ2n) is 7.26.